The van der Waals surface area contributed by atoms with Gasteiger partial charge in [0.25, 0.3) is 0 Å². The fourth-order valence-electron chi connectivity index (χ4n) is 4.85. The van der Waals surface area contributed by atoms with Crippen molar-refractivity contribution in [1.29, 1.82) is 0 Å². The van der Waals surface area contributed by atoms with Gasteiger partial charge in [0.05, 0.1) is 0 Å². The van der Waals surface area contributed by atoms with Gasteiger partial charge in [0, 0.05) is 0 Å². The molecule has 2 nitrogen and oxygen atoms in total. The van der Waals surface area contributed by atoms with E-state index >= 15 is 0 Å². The maximum atomic E-state index is 5.88. The van der Waals surface area contributed by atoms with Crippen LogP contribution in [0.4, 0.5) is 0 Å². The molecule has 0 spiro atoms. The summed E-state index contributed by atoms with van der Waals surface area (Å²) >= 11 is -1.92. The number of hydrogen-bond donors (Lipinski definition) is 0. The molecule has 2 aromatic heterocycles. The first kappa shape index (κ1) is 24.9. The first-order valence-corrected chi connectivity index (χ1v) is 12.4. The molecule has 0 N–H and O–H groups in total. The Bertz CT molecular complexity index is 980. The van der Waals surface area contributed by atoms with E-state index in [1.807, 2.05) is 12.1 Å². The van der Waals surface area contributed by atoms with Gasteiger partial charge in [-0.2, -0.15) is 0 Å². The van der Waals surface area contributed by atoms with Crippen molar-refractivity contribution >= 4 is 39.8 Å². The maximum absolute atomic E-state index is 5.88. The summed E-state index contributed by atoms with van der Waals surface area (Å²) in [4.78, 5) is 0. The van der Waals surface area contributed by atoms with E-state index in [0.717, 1.165) is 11.5 Å². The fraction of sp³-hybridized carbons (Fsp3) is 0.320. The second kappa shape index (κ2) is 9.87. The molecular formula is C25H30Cl2O2Ti. The molecule has 5 heteroatoms. The van der Waals surface area contributed by atoms with Crippen molar-refractivity contribution in [3.63, 3.8) is 0 Å². The van der Waals surface area contributed by atoms with Crippen molar-refractivity contribution in [1.82, 2.24) is 0 Å². The van der Waals surface area contributed by atoms with Gasteiger partial charge in [0.2, 0.25) is 0 Å². The molecular weight excluding hydrogens is 451 g/mol. The summed E-state index contributed by atoms with van der Waals surface area (Å²) in [5.41, 5.74) is 5.38. The molecule has 0 aromatic carbocycles. The molecule has 0 amide bonds. The Balaban J connectivity index is 0.00000160. The summed E-state index contributed by atoms with van der Waals surface area (Å²) < 4.78 is 16.6. The van der Waals surface area contributed by atoms with E-state index in [0.29, 0.717) is 11.8 Å². The number of hydrogen-bond acceptors (Lipinski definition) is 2. The number of rotatable bonds is 4. The van der Waals surface area contributed by atoms with Crippen molar-refractivity contribution in [2.75, 3.05) is 0 Å². The zero-order valence-corrected chi connectivity index (χ0v) is 21.6. The summed E-state index contributed by atoms with van der Waals surface area (Å²) in [5, 5.41) is 0. The van der Waals surface area contributed by atoms with Crippen LogP contribution in [-0.2, 0) is 17.4 Å². The quantitative estimate of drug-likeness (QED) is 0.416. The molecule has 2 heterocycles. The Morgan fingerprint density at radius 1 is 0.767 bits per heavy atom. The van der Waals surface area contributed by atoms with Crippen molar-refractivity contribution in [2.45, 2.75) is 41.5 Å². The Kier molecular flexibility index (Phi) is 8.21. The molecule has 2 atom stereocenters. The van der Waals surface area contributed by atoms with Crippen LogP contribution in [0.25, 0.3) is 11.1 Å². The molecule has 160 valence electrons. The minimum absolute atomic E-state index is 0. The third-order valence-corrected chi connectivity index (χ3v) is 11.3. The van der Waals surface area contributed by atoms with Gasteiger partial charge in [-0.3, -0.25) is 0 Å². The van der Waals surface area contributed by atoms with Crippen LogP contribution in [0.2, 0.25) is 0 Å². The molecule has 0 saturated heterocycles. The van der Waals surface area contributed by atoms with Crippen LogP contribution in [0, 0.1) is 11.8 Å². The van der Waals surface area contributed by atoms with Gasteiger partial charge in [-0.1, -0.05) is 0 Å². The smallest absolute Gasteiger partial charge is 0.147 e. The van der Waals surface area contributed by atoms with Crippen LogP contribution in [0.5, 0.6) is 0 Å². The first-order chi connectivity index (χ1) is 13.4. The maximum Gasteiger partial charge on any atom is -0.147 e. The minimum Gasteiger partial charge on any atom is -0.147 e. The predicted molar refractivity (Wildman–Crippen MR) is 128 cm³/mol. The second-order valence-corrected chi connectivity index (χ2v) is 12.6. The van der Waals surface area contributed by atoms with Gasteiger partial charge >= 0.3 is 174 Å². The van der Waals surface area contributed by atoms with Crippen LogP contribution in [0.15, 0.2) is 76.7 Å². The Hall–Kier alpha value is -1.32. The van der Waals surface area contributed by atoms with Gasteiger partial charge in [-0.15, -0.1) is 24.8 Å². The van der Waals surface area contributed by atoms with Crippen LogP contribution >= 0.6 is 24.8 Å². The molecule has 0 aliphatic heterocycles. The van der Waals surface area contributed by atoms with E-state index in [-0.39, 0.29) is 24.8 Å². The predicted octanol–water partition coefficient (Wildman–Crippen LogP) is 7.86. The van der Waals surface area contributed by atoms with Gasteiger partial charge in [-0.05, 0) is 0 Å². The standard InChI is InChI=1S/2C11H11O.C3H6.2ClH.Ti/c2*1-8-6-9(2)10(7-8)11-4-3-5-12-11;1-3-2;;;/h2*3-6,8H,1-2H3;1-2H3;2*1H;. The van der Waals surface area contributed by atoms with Crippen LogP contribution in [0.3, 0.4) is 0 Å². The van der Waals surface area contributed by atoms with Crippen LogP contribution in [-0.4, -0.2) is 3.81 Å². The zero-order valence-electron chi connectivity index (χ0n) is 18.4. The SMILES string of the molecule is CC1=CC(C)[C]([Ti]([C]2=C(c3ccco3)C(C)=CC2C)=[C](C)C)=C1c1ccco1.Cl.Cl. The summed E-state index contributed by atoms with van der Waals surface area (Å²) in [6, 6.07) is 8.20. The monoisotopic (exact) mass is 480 g/mol. The Labute approximate surface area is 198 Å². The normalized spacial score (nSPS) is 20.6. The van der Waals surface area contributed by atoms with Crippen LogP contribution < -0.4 is 0 Å². The first-order valence-electron chi connectivity index (χ1n) is 10.0. The van der Waals surface area contributed by atoms with E-state index in [2.05, 4.69) is 65.8 Å². The van der Waals surface area contributed by atoms with Gasteiger partial charge in [0.1, 0.15) is 0 Å². The van der Waals surface area contributed by atoms with Crippen LogP contribution in [0.1, 0.15) is 53.1 Å². The summed E-state index contributed by atoms with van der Waals surface area (Å²) in [6.07, 6.45) is 8.40. The van der Waals surface area contributed by atoms with Gasteiger partial charge < -0.3 is 0 Å². The molecule has 30 heavy (non-hydrogen) atoms. The zero-order chi connectivity index (χ0) is 20.0. The molecule has 0 saturated carbocycles. The molecule has 4 rings (SSSR count). The third kappa shape index (κ3) is 4.21. The van der Waals surface area contributed by atoms with Crippen molar-refractivity contribution < 1.29 is 26.2 Å². The van der Waals surface area contributed by atoms with E-state index in [1.165, 1.54) is 22.3 Å². The summed E-state index contributed by atoms with van der Waals surface area (Å²) in [5.74, 6) is 2.91. The number of furan rings is 2. The van der Waals surface area contributed by atoms with Gasteiger partial charge in [0.15, 0.2) is 0 Å². The van der Waals surface area contributed by atoms with E-state index in [9.17, 15) is 0 Å². The average Bonchev–Trinajstić information content (AvgIpc) is 3.38. The third-order valence-electron chi connectivity index (χ3n) is 5.81. The second-order valence-electron chi connectivity index (χ2n) is 8.18. The minimum atomic E-state index is -1.92. The van der Waals surface area contributed by atoms with Crippen molar-refractivity contribution in [2.24, 2.45) is 11.8 Å². The Morgan fingerprint density at radius 3 is 1.47 bits per heavy atom. The molecule has 2 aromatic rings. The van der Waals surface area contributed by atoms with E-state index < -0.39 is 17.4 Å². The largest absolute Gasteiger partial charge is 0.147 e. The van der Waals surface area contributed by atoms with E-state index in [1.54, 1.807) is 24.1 Å². The molecule has 2 aliphatic rings. The molecule has 0 bridgehead atoms. The van der Waals surface area contributed by atoms with Crippen molar-refractivity contribution in [3.05, 3.63) is 79.4 Å². The molecule has 0 fully saturated rings. The molecule has 0 radical (unpaired) electrons. The molecule has 2 aliphatic carbocycles. The summed E-state index contributed by atoms with van der Waals surface area (Å²) in [7, 11) is 0. The van der Waals surface area contributed by atoms with Gasteiger partial charge in [-0.25, -0.2) is 0 Å². The number of halogens is 2. The topological polar surface area (TPSA) is 26.3 Å². The Morgan fingerprint density at radius 2 is 1.17 bits per heavy atom. The summed E-state index contributed by atoms with van der Waals surface area (Å²) in [6.45, 7) is 13.8. The average molecular weight is 481 g/mol. The van der Waals surface area contributed by atoms with Crippen molar-refractivity contribution in [3.8, 4) is 0 Å². The fourth-order valence-corrected chi connectivity index (χ4v) is 10.4. The molecule has 2 unspecified atom stereocenters. The number of allylic oxidation sites excluding steroid dienone is 8. The van der Waals surface area contributed by atoms with E-state index in [4.69, 9.17) is 8.83 Å².